The number of aromatic nitrogens is 2. The molecular weight excluding hydrogens is 290 g/mol. The van der Waals surface area contributed by atoms with Gasteiger partial charge in [0.25, 0.3) is 0 Å². The number of hydrogen-bond acceptors (Lipinski definition) is 4. The Morgan fingerprint density at radius 1 is 1.26 bits per heavy atom. The Morgan fingerprint density at radius 2 is 2.17 bits per heavy atom. The number of hydrogen-bond donors (Lipinski definition) is 0. The topological polar surface area (TPSA) is 55.3 Å². The summed E-state index contributed by atoms with van der Waals surface area (Å²) in [4.78, 5) is 23.1. The first kappa shape index (κ1) is 14.2. The Bertz CT molecular complexity index is 735. The lowest BCUT2D eigenvalue weighted by atomic mass is 9.83. The van der Waals surface area contributed by atoms with Gasteiger partial charge in [0.1, 0.15) is 12.1 Å². The van der Waals surface area contributed by atoms with Gasteiger partial charge in [-0.2, -0.15) is 0 Å². The fourth-order valence-corrected chi connectivity index (χ4v) is 3.58. The van der Waals surface area contributed by atoms with Crippen molar-refractivity contribution in [3.05, 3.63) is 53.1 Å². The third-order valence-electron chi connectivity index (χ3n) is 4.89. The van der Waals surface area contributed by atoms with Gasteiger partial charge in [-0.3, -0.25) is 4.79 Å². The van der Waals surface area contributed by atoms with Gasteiger partial charge in [0.2, 0.25) is 5.91 Å². The molecule has 0 saturated carbocycles. The van der Waals surface area contributed by atoms with Crippen LogP contribution in [-0.4, -0.2) is 27.9 Å². The maximum absolute atomic E-state index is 12.9. The first-order chi connectivity index (χ1) is 11.2. The van der Waals surface area contributed by atoms with Crippen molar-refractivity contribution in [2.45, 2.75) is 32.4 Å². The smallest absolute Gasteiger partial charge is 0.226 e. The SMILES string of the molecule is COc1ccc2c(c1)CCC(C(=O)N1Cc3cncnc3C1)C2. The van der Waals surface area contributed by atoms with E-state index < -0.39 is 0 Å². The Kier molecular flexibility index (Phi) is 3.48. The third-order valence-corrected chi connectivity index (χ3v) is 4.89. The largest absolute Gasteiger partial charge is 0.497 e. The number of nitrogens with zero attached hydrogens (tertiary/aromatic N) is 3. The van der Waals surface area contributed by atoms with Crippen LogP contribution in [0.3, 0.4) is 0 Å². The molecule has 1 aliphatic carbocycles. The molecule has 4 rings (SSSR count). The van der Waals surface area contributed by atoms with Crippen molar-refractivity contribution < 1.29 is 9.53 Å². The Morgan fingerprint density at radius 3 is 3.00 bits per heavy atom. The van der Waals surface area contributed by atoms with E-state index in [4.69, 9.17) is 4.74 Å². The minimum atomic E-state index is 0.0677. The number of carbonyl (C=O) groups is 1. The van der Waals surface area contributed by atoms with Crippen molar-refractivity contribution in [3.63, 3.8) is 0 Å². The van der Waals surface area contributed by atoms with Crippen LogP contribution >= 0.6 is 0 Å². The summed E-state index contributed by atoms with van der Waals surface area (Å²) in [5.74, 6) is 1.20. The average molecular weight is 309 g/mol. The molecule has 0 radical (unpaired) electrons. The normalized spacial score (nSPS) is 19.2. The van der Waals surface area contributed by atoms with E-state index in [2.05, 4.69) is 22.1 Å². The number of ether oxygens (including phenoxy) is 1. The molecule has 2 heterocycles. The van der Waals surface area contributed by atoms with Gasteiger partial charge >= 0.3 is 0 Å². The summed E-state index contributed by atoms with van der Waals surface area (Å²) < 4.78 is 5.28. The molecule has 5 nitrogen and oxygen atoms in total. The summed E-state index contributed by atoms with van der Waals surface area (Å²) in [6.45, 7) is 1.25. The Balaban J connectivity index is 1.48. The van der Waals surface area contributed by atoms with Gasteiger partial charge in [0.15, 0.2) is 0 Å². The van der Waals surface area contributed by atoms with Gasteiger partial charge in [0, 0.05) is 24.2 Å². The molecule has 1 aromatic heterocycles. The molecule has 1 aliphatic heterocycles. The summed E-state index contributed by atoms with van der Waals surface area (Å²) >= 11 is 0. The van der Waals surface area contributed by atoms with Gasteiger partial charge in [-0.1, -0.05) is 6.07 Å². The fraction of sp³-hybridized carbons (Fsp3) is 0.389. The summed E-state index contributed by atoms with van der Waals surface area (Å²) in [6, 6.07) is 6.17. The van der Waals surface area contributed by atoms with Crippen LogP contribution in [-0.2, 0) is 30.7 Å². The van der Waals surface area contributed by atoms with Crippen LogP contribution in [0.15, 0.2) is 30.7 Å². The van der Waals surface area contributed by atoms with Crippen LogP contribution in [0.1, 0.15) is 28.8 Å². The number of fused-ring (bicyclic) bond motifs is 2. The maximum atomic E-state index is 12.9. The standard InChI is InChI=1S/C18H19N3O2/c1-23-16-5-4-12-6-14(3-2-13(12)7-16)18(22)21-9-15-8-19-11-20-17(15)10-21/h4-5,7-8,11,14H,2-3,6,9-10H2,1H3. The summed E-state index contributed by atoms with van der Waals surface area (Å²) in [5.41, 5.74) is 4.63. The molecule has 2 aliphatic rings. The van der Waals surface area contributed by atoms with Gasteiger partial charge in [-0.05, 0) is 42.5 Å². The van der Waals surface area contributed by atoms with E-state index in [-0.39, 0.29) is 11.8 Å². The van der Waals surface area contributed by atoms with Crippen LogP contribution in [0, 0.1) is 5.92 Å². The zero-order valence-corrected chi connectivity index (χ0v) is 13.2. The van der Waals surface area contributed by atoms with Crippen LogP contribution < -0.4 is 4.74 Å². The van der Waals surface area contributed by atoms with E-state index >= 15 is 0 Å². The molecule has 1 amide bonds. The van der Waals surface area contributed by atoms with Gasteiger partial charge in [-0.15, -0.1) is 0 Å². The molecule has 0 saturated heterocycles. The molecule has 0 bridgehead atoms. The van der Waals surface area contributed by atoms with Crippen molar-refractivity contribution in [1.29, 1.82) is 0 Å². The highest BCUT2D eigenvalue weighted by molar-refractivity contribution is 5.80. The van der Waals surface area contributed by atoms with Crippen LogP contribution in [0.25, 0.3) is 0 Å². The Labute approximate surface area is 135 Å². The zero-order chi connectivity index (χ0) is 15.8. The first-order valence-electron chi connectivity index (χ1n) is 7.97. The minimum Gasteiger partial charge on any atom is -0.497 e. The van der Waals surface area contributed by atoms with Crippen LogP contribution in [0.5, 0.6) is 5.75 Å². The molecule has 1 atom stereocenters. The number of methoxy groups -OCH3 is 1. The molecular formula is C18H19N3O2. The second-order valence-corrected chi connectivity index (χ2v) is 6.26. The molecule has 5 heteroatoms. The quantitative estimate of drug-likeness (QED) is 0.853. The van der Waals surface area contributed by atoms with Gasteiger partial charge < -0.3 is 9.64 Å². The predicted octanol–water partition coefficient (Wildman–Crippen LogP) is 2.13. The fourth-order valence-electron chi connectivity index (χ4n) is 3.58. The van der Waals surface area contributed by atoms with E-state index in [1.54, 1.807) is 13.4 Å². The lowest BCUT2D eigenvalue weighted by Crippen LogP contribution is -2.35. The second kappa shape index (κ2) is 5.65. The van der Waals surface area contributed by atoms with Crippen molar-refractivity contribution in [2.75, 3.05) is 7.11 Å². The molecule has 118 valence electrons. The van der Waals surface area contributed by atoms with E-state index in [1.165, 1.54) is 11.1 Å². The lowest BCUT2D eigenvalue weighted by Gasteiger charge is -2.27. The third kappa shape index (κ3) is 2.56. The summed E-state index contributed by atoms with van der Waals surface area (Å²) in [6.07, 6.45) is 6.02. The monoisotopic (exact) mass is 309 g/mol. The molecule has 0 spiro atoms. The number of carbonyl (C=O) groups excluding carboxylic acids is 1. The van der Waals surface area contributed by atoms with E-state index in [0.717, 1.165) is 36.3 Å². The van der Waals surface area contributed by atoms with Crippen molar-refractivity contribution >= 4 is 5.91 Å². The van der Waals surface area contributed by atoms with Gasteiger partial charge in [0.05, 0.1) is 19.3 Å². The minimum absolute atomic E-state index is 0.0677. The highest BCUT2D eigenvalue weighted by Gasteiger charge is 2.32. The number of rotatable bonds is 2. The highest BCUT2D eigenvalue weighted by atomic mass is 16.5. The van der Waals surface area contributed by atoms with E-state index in [0.29, 0.717) is 13.1 Å². The average Bonchev–Trinajstić information content (AvgIpc) is 3.04. The van der Waals surface area contributed by atoms with Crippen molar-refractivity contribution in [3.8, 4) is 5.75 Å². The molecule has 0 fully saturated rings. The highest BCUT2D eigenvalue weighted by Crippen LogP contribution is 2.31. The zero-order valence-electron chi connectivity index (χ0n) is 13.2. The predicted molar refractivity (Wildman–Crippen MR) is 84.8 cm³/mol. The van der Waals surface area contributed by atoms with Crippen molar-refractivity contribution in [2.24, 2.45) is 5.92 Å². The number of amides is 1. The van der Waals surface area contributed by atoms with Crippen LogP contribution in [0.4, 0.5) is 0 Å². The lowest BCUT2D eigenvalue weighted by molar-refractivity contribution is -0.136. The number of benzene rings is 1. The molecule has 2 aromatic rings. The van der Waals surface area contributed by atoms with Gasteiger partial charge in [-0.25, -0.2) is 9.97 Å². The molecule has 1 unspecified atom stereocenters. The molecule has 0 N–H and O–H groups in total. The summed E-state index contributed by atoms with van der Waals surface area (Å²) in [5, 5.41) is 0. The molecule has 1 aromatic carbocycles. The second-order valence-electron chi connectivity index (χ2n) is 6.26. The Hall–Kier alpha value is -2.43. The maximum Gasteiger partial charge on any atom is 0.226 e. The van der Waals surface area contributed by atoms with E-state index in [9.17, 15) is 4.79 Å². The molecule has 23 heavy (non-hydrogen) atoms. The van der Waals surface area contributed by atoms with Crippen molar-refractivity contribution in [1.82, 2.24) is 14.9 Å². The number of aryl methyl sites for hydroxylation is 1. The summed E-state index contributed by atoms with van der Waals surface area (Å²) in [7, 11) is 1.69. The first-order valence-corrected chi connectivity index (χ1v) is 7.97. The van der Waals surface area contributed by atoms with Crippen LogP contribution in [0.2, 0.25) is 0 Å². The van der Waals surface area contributed by atoms with E-state index in [1.807, 2.05) is 17.2 Å².